The number of hydrogen-bond acceptors (Lipinski definition) is 8. The zero-order valence-corrected chi connectivity index (χ0v) is 31.3. The Morgan fingerprint density at radius 1 is 0.596 bits per heavy atom. The number of allylic oxidation sites excluding steroid dienone is 3. The van der Waals surface area contributed by atoms with Gasteiger partial charge in [-0.15, -0.1) is 0 Å². The van der Waals surface area contributed by atoms with Crippen LogP contribution in [0.5, 0.6) is 23.0 Å². The second kappa shape index (κ2) is 21.0. The van der Waals surface area contributed by atoms with Crippen molar-refractivity contribution < 1.29 is 55.1 Å². The van der Waals surface area contributed by atoms with Crippen LogP contribution < -0.4 is 31.0 Å². The molecule has 5 rings (SSSR count). The Balaban J connectivity index is 0.00000720. The number of carbonyl (C=O) groups is 2. The molecule has 0 saturated carbocycles. The van der Waals surface area contributed by atoms with Gasteiger partial charge in [0, 0.05) is 34.0 Å². The van der Waals surface area contributed by atoms with Crippen molar-refractivity contribution in [1.29, 1.82) is 0 Å². The molecular formula is C42H36CuF2N6O6. The standard InChI is InChI=1S/C42H36F2N6O6.Cu/c1-55-39-25-27(16-21-37(39)51)14-19-35(47-49-41(53)45-30-9-5-3-6-10-30)32(23-29-13-18-33(43)34(44)24-29)36(20-15-28-17-22-38(52)40(26-28)56-2)48-50-42(54)46-31-11-7-4-8-12-31;/h3-26,51-52H,1-2H3,(H2,45,49,53)(H2,46,50,54);/b19-14+,20-15+,47-35+,48-36+;. The maximum atomic E-state index is 14.6. The van der Waals surface area contributed by atoms with Gasteiger partial charge in [-0.05, 0) is 95.6 Å². The topological polar surface area (TPSA) is 166 Å². The number of nitrogens with zero attached hydrogens (tertiary/aromatic N) is 2. The molecule has 12 nitrogen and oxygen atoms in total. The number of para-hydroxylation sites is 2. The minimum Gasteiger partial charge on any atom is -0.504 e. The number of carbonyl (C=O) groups excluding carboxylic acids is 2. The first kappa shape index (κ1) is 42.5. The summed E-state index contributed by atoms with van der Waals surface area (Å²) in [5, 5.41) is 34.5. The van der Waals surface area contributed by atoms with E-state index in [4.69, 9.17) is 9.47 Å². The van der Waals surface area contributed by atoms with Gasteiger partial charge in [0.2, 0.25) is 0 Å². The Labute approximate surface area is 337 Å². The summed E-state index contributed by atoms with van der Waals surface area (Å²) in [4.78, 5) is 26.2. The van der Waals surface area contributed by atoms with Gasteiger partial charge in [0.15, 0.2) is 34.6 Å². The number of phenols is 2. The van der Waals surface area contributed by atoms with E-state index < -0.39 is 23.7 Å². The van der Waals surface area contributed by atoms with Crippen molar-refractivity contribution in [2.75, 3.05) is 24.9 Å². The molecular weight excluding hydrogens is 786 g/mol. The molecule has 0 unspecified atom stereocenters. The molecule has 295 valence electrons. The summed E-state index contributed by atoms with van der Waals surface area (Å²) >= 11 is 0. The van der Waals surface area contributed by atoms with Crippen LogP contribution in [0.15, 0.2) is 143 Å². The van der Waals surface area contributed by atoms with Gasteiger partial charge in [0.05, 0.1) is 25.6 Å². The van der Waals surface area contributed by atoms with Crippen LogP contribution in [0.4, 0.5) is 29.7 Å². The summed E-state index contributed by atoms with van der Waals surface area (Å²) in [6.07, 6.45) is 7.61. The number of amides is 4. The van der Waals surface area contributed by atoms with E-state index >= 15 is 0 Å². The van der Waals surface area contributed by atoms with E-state index in [9.17, 15) is 28.6 Å². The molecule has 0 aliphatic carbocycles. The number of rotatable bonds is 13. The third-order valence-corrected chi connectivity index (χ3v) is 7.70. The number of phenolic OH excluding ortho intramolecular Hbond substituents is 2. The van der Waals surface area contributed by atoms with Gasteiger partial charge >= 0.3 is 12.1 Å². The summed E-state index contributed by atoms with van der Waals surface area (Å²) < 4.78 is 39.2. The smallest absolute Gasteiger partial charge is 0.339 e. The summed E-state index contributed by atoms with van der Waals surface area (Å²) in [5.41, 5.74) is 7.25. The van der Waals surface area contributed by atoms with Crippen LogP contribution in [0, 0.1) is 11.6 Å². The number of nitrogens with one attached hydrogen (secondary N) is 4. The van der Waals surface area contributed by atoms with Crippen LogP contribution >= 0.6 is 0 Å². The average Bonchev–Trinajstić information content (AvgIpc) is 3.20. The van der Waals surface area contributed by atoms with Gasteiger partial charge in [0.25, 0.3) is 0 Å². The largest absolute Gasteiger partial charge is 0.504 e. The molecule has 4 amide bonds. The number of hydrogen-bond donors (Lipinski definition) is 6. The molecule has 0 spiro atoms. The Bertz CT molecular complexity index is 2200. The average molecular weight is 822 g/mol. The third kappa shape index (κ3) is 12.7. The molecule has 57 heavy (non-hydrogen) atoms. The van der Waals surface area contributed by atoms with Crippen molar-refractivity contribution >= 4 is 53.1 Å². The van der Waals surface area contributed by atoms with Crippen molar-refractivity contribution in [2.24, 2.45) is 10.2 Å². The van der Waals surface area contributed by atoms with Crippen LogP contribution in [0.25, 0.3) is 18.2 Å². The van der Waals surface area contributed by atoms with Crippen molar-refractivity contribution in [3.63, 3.8) is 0 Å². The number of anilines is 2. The number of aromatic hydroxyl groups is 2. The molecule has 0 aliphatic heterocycles. The number of benzene rings is 5. The van der Waals surface area contributed by atoms with E-state index in [0.717, 1.165) is 12.1 Å². The molecule has 5 aromatic carbocycles. The quantitative estimate of drug-likeness (QED) is 0.0396. The van der Waals surface area contributed by atoms with Crippen molar-refractivity contribution in [1.82, 2.24) is 10.9 Å². The van der Waals surface area contributed by atoms with Gasteiger partial charge in [-0.25, -0.2) is 29.2 Å². The SMILES string of the molecule is COc1cc(/C=C/C(=N\NC(=O)Nc2ccccc2)C(=Cc2ccc(F)c(F)c2)C(/C=C/c2ccc(O)c(OC)c2)=N/NC(=O)Nc2ccccc2)ccc1O.[Cu]. The van der Waals surface area contributed by atoms with Crippen LogP contribution in [0.2, 0.25) is 0 Å². The van der Waals surface area contributed by atoms with E-state index in [0.29, 0.717) is 22.5 Å². The molecule has 0 heterocycles. The molecule has 0 atom stereocenters. The van der Waals surface area contributed by atoms with Gasteiger partial charge in [0.1, 0.15) is 0 Å². The van der Waals surface area contributed by atoms with E-state index in [1.54, 1.807) is 97.1 Å². The van der Waals surface area contributed by atoms with Gasteiger partial charge in [-0.3, -0.25) is 0 Å². The normalized spacial score (nSPS) is 11.4. The molecule has 6 N–H and O–H groups in total. The first-order valence-corrected chi connectivity index (χ1v) is 16.8. The van der Waals surface area contributed by atoms with E-state index in [-0.39, 0.29) is 62.6 Å². The third-order valence-electron chi connectivity index (χ3n) is 7.70. The Morgan fingerprint density at radius 2 is 1.04 bits per heavy atom. The monoisotopic (exact) mass is 821 g/mol. The second-order valence-corrected chi connectivity index (χ2v) is 11.6. The van der Waals surface area contributed by atoms with Crippen molar-refractivity contribution in [2.45, 2.75) is 0 Å². The minimum atomic E-state index is -1.13. The van der Waals surface area contributed by atoms with Crippen LogP contribution in [0.3, 0.4) is 0 Å². The fourth-order valence-electron chi connectivity index (χ4n) is 4.95. The molecule has 5 aromatic rings. The maximum Gasteiger partial charge on any atom is 0.339 e. The van der Waals surface area contributed by atoms with Gasteiger partial charge in [-0.1, -0.05) is 66.7 Å². The van der Waals surface area contributed by atoms with Gasteiger partial charge < -0.3 is 30.3 Å². The molecule has 0 saturated heterocycles. The van der Waals surface area contributed by atoms with Crippen LogP contribution in [-0.4, -0.2) is 47.9 Å². The Morgan fingerprint density at radius 3 is 1.46 bits per heavy atom. The van der Waals surface area contributed by atoms with E-state index in [1.807, 2.05) is 0 Å². The summed E-state index contributed by atoms with van der Waals surface area (Å²) in [5.74, 6) is -2.02. The minimum absolute atomic E-state index is 0. The number of urea groups is 2. The zero-order chi connectivity index (χ0) is 39.9. The number of ether oxygens (including phenoxy) is 2. The first-order chi connectivity index (χ1) is 27.1. The predicted molar refractivity (Wildman–Crippen MR) is 214 cm³/mol. The fraction of sp³-hybridized carbons (Fsp3) is 0.0476. The van der Waals surface area contributed by atoms with E-state index in [2.05, 4.69) is 31.7 Å². The number of methoxy groups -OCH3 is 2. The predicted octanol–water partition coefficient (Wildman–Crippen LogP) is 8.56. The molecule has 0 fully saturated rings. The van der Waals surface area contributed by atoms with Crippen molar-refractivity contribution in [3.8, 4) is 23.0 Å². The Hall–Kier alpha value is -7.22. The van der Waals surface area contributed by atoms with Crippen molar-refractivity contribution in [3.05, 3.63) is 161 Å². The van der Waals surface area contributed by atoms with Gasteiger partial charge in [-0.2, -0.15) is 10.2 Å². The zero-order valence-electron chi connectivity index (χ0n) is 30.3. The molecule has 0 aliphatic rings. The number of hydrazone groups is 2. The second-order valence-electron chi connectivity index (χ2n) is 11.6. The van der Waals surface area contributed by atoms with Crippen LogP contribution in [0.1, 0.15) is 16.7 Å². The van der Waals surface area contributed by atoms with E-state index in [1.165, 1.54) is 50.6 Å². The summed E-state index contributed by atoms with van der Waals surface area (Å²) in [6.45, 7) is 0. The van der Waals surface area contributed by atoms with Crippen LogP contribution in [-0.2, 0) is 17.1 Å². The molecule has 0 bridgehead atoms. The summed E-state index contributed by atoms with van der Waals surface area (Å²) in [6, 6.07) is 28.2. The Kier molecular flexibility index (Phi) is 15.7. The molecule has 1 radical (unpaired) electrons. The summed E-state index contributed by atoms with van der Waals surface area (Å²) in [7, 11) is 2.79. The number of halogens is 2. The molecule has 0 aromatic heterocycles. The first-order valence-electron chi connectivity index (χ1n) is 16.8. The molecule has 15 heteroatoms. The maximum absolute atomic E-state index is 14.6. The fourth-order valence-corrected chi connectivity index (χ4v) is 4.95.